The Hall–Kier alpha value is -1.93. The summed E-state index contributed by atoms with van der Waals surface area (Å²) in [5.74, 6) is -0.185. The van der Waals surface area contributed by atoms with E-state index in [1.54, 1.807) is 6.20 Å². The number of hydrogen-bond acceptors (Lipinski definition) is 5. The molecule has 0 saturated carbocycles. The number of carbonyl (C=O) groups excluding carboxylic acids is 2. The third kappa shape index (κ3) is 4.07. The lowest BCUT2D eigenvalue weighted by molar-refractivity contribution is -0.134. The number of aromatic amines is 1. The average molecular weight is 389 g/mol. The van der Waals surface area contributed by atoms with Gasteiger partial charge in [0.2, 0.25) is 11.8 Å². The van der Waals surface area contributed by atoms with Gasteiger partial charge in [0.05, 0.1) is 6.20 Å². The molecule has 3 aliphatic rings. The molecular formula is C20H32N6O2. The fraction of sp³-hybridized carbons (Fsp3) is 0.750. The van der Waals surface area contributed by atoms with E-state index in [2.05, 4.69) is 15.1 Å². The van der Waals surface area contributed by atoms with Crippen LogP contribution < -0.4 is 5.73 Å². The highest BCUT2D eigenvalue weighted by atomic mass is 16.2. The first-order valence-corrected chi connectivity index (χ1v) is 10.7. The van der Waals surface area contributed by atoms with Crippen LogP contribution in [-0.4, -0.2) is 82.0 Å². The van der Waals surface area contributed by atoms with Gasteiger partial charge in [-0.25, -0.2) is 0 Å². The third-order valence-corrected chi connectivity index (χ3v) is 6.67. The summed E-state index contributed by atoms with van der Waals surface area (Å²) in [4.78, 5) is 31.4. The SMILES string of the molecule is NC(=O)C1c2cn[nH]c2CCN1CCC(=O)N1CCC(N2CCCCC2)CC1. The van der Waals surface area contributed by atoms with Crippen LogP contribution in [0.1, 0.15) is 55.8 Å². The van der Waals surface area contributed by atoms with Crippen LogP contribution in [-0.2, 0) is 16.0 Å². The Morgan fingerprint density at radius 1 is 1.11 bits per heavy atom. The quantitative estimate of drug-likeness (QED) is 0.772. The number of likely N-dealkylation sites (tertiary alicyclic amines) is 2. The Bertz CT molecular complexity index is 691. The van der Waals surface area contributed by atoms with Gasteiger partial charge in [0, 0.05) is 56.3 Å². The molecular weight excluding hydrogens is 356 g/mol. The number of nitrogens with zero attached hydrogens (tertiary/aromatic N) is 4. The summed E-state index contributed by atoms with van der Waals surface area (Å²) < 4.78 is 0. The first-order valence-electron chi connectivity index (χ1n) is 10.7. The summed E-state index contributed by atoms with van der Waals surface area (Å²) in [6.07, 6.45) is 9.07. The van der Waals surface area contributed by atoms with Crippen LogP contribution >= 0.6 is 0 Å². The predicted octanol–water partition coefficient (Wildman–Crippen LogP) is 0.661. The van der Waals surface area contributed by atoms with E-state index in [4.69, 9.17) is 5.73 Å². The second kappa shape index (κ2) is 8.61. The van der Waals surface area contributed by atoms with Gasteiger partial charge in [-0.05, 0) is 38.8 Å². The molecule has 3 aliphatic heterocycles. The molecule has 1 unspecified atom stereocenters. The van der Waals surface area contributed by atoms with E-state index >= 15 is 0 Å². The summed E-state index contributed by atoms with van der Waals surface area (Å²) >= 11 is 0. The Morgan fingerprint density at radius 2 is 1.86 bits per heavy atom. The van der Waals surface area contributed by atoms with Crippen LogP contribution in [0.3, 0.4) is 0 Å². The zero-order valence-corrected chi connectivity index (χ0v) is 16.6. The maximum atomic E-state index is 12.7. The first kappa shape index (κ1) is 19.4. The summed E-state index contributed by atoms with van der Waals surface area (Å²) in [5.41, 5.74) is 7.48. The molecule has 0 spiro atoms. The first-order chi connectivity index (χ1) is 13.6. The lowest BCUT2D eigenvalue weighted by Gasteiger charge is -2.40. The third-order valence-electron chi connectivity index (χ3n) is 6.67. The van der Waals surface area contributed by atoms with E-state index in [9.17, 15) is 9.59 Å². The molecule has 1 aromatic heterocycles. The number of primary amides is 1. The smallest absolute Gasteiger partial charge is 0.239 e. The molecule has 2 saturated heterocycles. The van der Waals surface area contributed by atoms with E-state index in [1.165, 1.54) is 32.4 Å². The molecule has 3 N–H and O–H groups in total. The van der Waals surface area contributed by atoms with Crippen LogP contribution in [0.5, 0.6) is 0 Å². The van der Waals surface area contributed by atoms with Crippen molar-refractivity contribution in [3.63, 3.8) is 0 Å². The molecule has 154 valence electrons. The summed E-state index contributed by atoms with van der Waals surface area (Å²) in [7, 11) is 0. The van der Waals surface area contributed by atoms with Gasteiger partial charge in [-0.3, -0.25) is 19.6 Å². The second-order valence-electron chi connectivity index (χ2n) is 8.35. The lowest BCUT2D eigenvalue weighted by Crippen LogP contribution is -2.49. The molecule has 1 aromatic rings. The zero-order valence-electron chi connectivity index (χ0n) is 16.6. The highest BCUT2D eigenvalue weighted by Crippen LogP contribution is 2.28. The van der Waals surface area contributed by atoms with Crippen molar-refractivity contribution in [1.29, 1.82) is 0 Å². The van der Waals surface area contributed by atoms with Crippen molar-refractivity contribution < 1.29 is 9.59 Å². The minimum Gasteiger partial charge on any atom is -0.368 e. The standard InChI is InChI=1S/C20H32N6O2/c21-20(28)19-16-14-22-23-17(16)6-12-26(19)13-7-18(27)25-10-4-15(5-11-25)24-8-2-1-3-9-24/h14-15,19H,1-13H2,(H2,21,28)(H,22,23). The summed E-state index contributed by atoms with van der Waals surface area (Å²) in [6.45, 7) is 5.42. The topological polar surface area (TPSA) is 98.6 Å². The normalized spacial score (nSPS) is 24.9. The van der Waals surface area contributed by atoms with Crippen molar-refractivity contribution in [3.05, 3.63) is 17.5 Å². The number of aromatic nitrogens is 2. The fourth-order valence-electron chi connectivity index (χ4n) is 5.07. The Morgan fingerprint density at radius 3 is 2.57 bits per heavy atom. The highest BCUT2D eigenvalue weighted by Gasteiger charge is 2.34. The van der Waals surface area contributed by atoms with Crippen LogP contribution in [0.4, 0.5) is 0 Å². The number of H-pyrrole nitrogens is 1. The van der Waals surface area contributed by atoms with Crippen LogP contribution in [0.15, 0.2) is 6.20 Å². The number of amides is 2. The predicted molar refractivity (Wildman–Crippen MR) is 105 cm³/mol. The number of piperidine rings is 2. The number of nitrogens with one attached hydrogen (secondary N) is 1. The summed E-state index contributed by atoms with van der Waals surface area (Å²) in [6, 6.07) is 0.158. The van der Waals surface area contributed by atoms with Crippen molar-refractivity contribution in [2.75, 3.05) is 39.3 Å². The van der Waals surface area contributed by atoms with Crippen LogP contribution in [0, 0.1) is 0 Å². The lowest BCUT2D eigenvalue weighted by atomic mass is 9.98. The molecule has 0 radical (unpaired) electrons. The van der Waals surface area contributed by atoms with E-state index in [0.717, 1.165) is 43.6 Å². The number of fused-ring (bicyclic) bond motifs is 1. The van der Waals surface area contributed by atoms with E-state index in [-0.39, 0.29) is 11.8 Å². The highest BCUT2D eigenvalue weighted by molar-refractivity contribution is 5.82. The fourth-order valence-corrected chi connectivity index (χ4v) is 5.07. The van der Waals surface area contributed by atoms with Crippen molar-refractivity contribution in [2.24, 2.45) is 5.73 Å². The van der Waals surface area contributed by atoms with E-state index < -0.39 is 6.04 Å². The molecule has 1 atom stereocenters. The second-order valence-corrected chi connectivity index (χ2v) is 8.35. The molecule has 0 aromatic carbocycles. The molecule has 2 fully saturated rings. The van der Waals surface area contributed by atoms with Gasteiger partial charge >= 0.3 is 0 Å². The molecule has 0 bridgehead atoms. The maximum absolute atomic E-state index is 12.7. The van der Waals surface area contributed by atoms with Gasteiger partial charge in [-0.1, -0.05) is 6.42 Å². The number of carbonyl (C=O) groups is 2. The van der Waals surface area contributed by atoms with Gasteiger partial charge < -0.3 is 15.5 Å². The van der Waals surface area contributed by atoms with E-state index in [1.807, 2.05) is 9.80 Å². The Kier molecular flexibility index (Phi) is 5.96. The van der Waals surface area contributed by atoms with Gasteiger partial charge in [-0.15, -0.1) is 0 Å². The largest absolute Gasteiger partial charge is 0.368 e. The molecule has 4 rings (SSSR count). The number of rotatable bonds is 5. The molecule has 8 nitrogen and oxygen atoms in total. The number of nitrogens with two attached hydrogens (primary N) is 1. The van der Waals surface area contributed by atoms with Gasteiger partial charge in [0.1, 0.15) is 6.04 Å². The summed E-state index contributed by atoms with van der Waals surface area (Å²) in [5, 5.41) is 6.99. The van der Waals surface area contributed by atoms with Gasteiger partial charge in [-0.2, -0.15) is 5.10 Å². The van der Waals surface area contributed by atoms with Gasteiger partial charge in [0.15, 0.2) is 0 Å². The van der Waals surface area contributed by atoms with Crippen molar-refractivity contribution in [3.8, 4) is 0 Å². The minimum absolute atomic E-state index is 0.193. The Labute approximate surface area is 166 Å². The molecule has 28 heavy (non-hydrogen) atoms. The van der Waals surface area contributed by atoms with Crippen molar-refractivity contribution >= 4 is 11.8 Å². The van der Waals surface area contributed by atoms with Crippen molar-refractivity contribution in [1.82, 2.24) is 24.9 Å². The average Bonchev–Trinajstić information content (AvgIpc) is 3.20. The van der Waals surface area contributed by atoms with Crippen LogP contribution in [0.25, 0.3) is 0 Å². The van der Waals surface area contributed by atoms with Gasteiger partial charge in [0.25, 0.3) is 0 Å². The number of hydrogen-bond donors (Lipinski definition) is 2. The molecule has 2 amide bonds. The van der Waals surface area contributed by atoms with E-state index in [0.29, 0.717) is 25.6 Å². The molecule has 4 heterocycles. The Balaban J connectivity index is 1.27. The monoisotopic (exact) mass is 388 g/mol. The minimum atomic E-state index is -0.486. The molecule has 0 aliphatic carbocycles. The zero-order chi connectivity index (χ0) is 19.5. The van der Waals surface area contributed by atoms with Crippen LogP contribution in [0.2, 0.25) is 0 Å². The maximum Gasteiger partial charge on any atom is 0.239 e. The molecule has 8 heteroatoms. The van der Waals surface area contributed by atoms with Crippen molar-refractivity contribution in [2.45, 2.75) is 57.0 Å².